The third-order valence-corrected chi connectivity index (χ3v) is 4.37. The first-order valence-corrected chi connectivity index (χ1v) is 8.17. The van der Waals surface area contributed by atoms with Gasteiger partial charge in [-0.05, 0) is 31.4 Å². The third kappa shape index (κ3) is 3.01. The molecule has 0 bridgehead atoms. The number of amides is 1. The van der Waals surface area contributed by atoms with Crippen LogP contribution < -0.4 is 5.73 Å². The molecule has 0 radical (unpaired) electrons. The van der Waals surface area contributed by atoms with E-state index in [1.54, 1.807) is 6.20 Å². The van der Waals surface area contributed by atoms with Gasteiger partial charge in [0.25, 0.3) is 5.91 Å². The molecule has 0 saturated carbocycles. The number of rotatable bonds is 3. The van der Waals surface area contributed by atoms with Gasteiger partial charge < -0.3 is 10.6 Å². The number of nitrogens with zero attached hydrogens (tertiary/aromatic N) is 3. The van der Waals surface area contributed by atoms with Crippen LogP contribution >= 0.6 is 0 Å². The van der Waals surface area contributed by atoms with E-state index in [9.17, 15) is 4.79 Å². The molecule has 0 aliphatic carbocycles. The zero-order valence-electron chi connectivity index (χ0n) is 14.0. The molecule has 1 atom stereocenters. The van der Waals surface area contributed by atoms with Crippen molar-refractivity contribution in [3.05, 3.63) is 47.3 Å². The summed E-state index contributed by atoms with van der Waals surface area (Å²) in [7, 11) is 0. The molecular formula is C18H24N4O. The number of benzene rings is 1. The van der Waals surface area contributed by atoms with Gasteiger partial charge in [-0.25, -0.2) is 4.68 Å². The Bertz CT molecular complexity index is 702. The van der Waals surface area contributed by atoms with Crippen molar-refractivity contribution in [3.63, 3.8) is 0 Å². The molecule has 1 aromatic carbocycles. The number of carbonyl (C=O) groups is 1. The molecule has 3 rings (SSSR count). The van der Waals surface area contributed by atoms with Crippen molar-refractivity contribution >= 4 is 5.91 Å². The number of aromatic nitrogens is 2. The minimum absolute atomic E-state index is 0.0417. The first kappa shape index (κ1) is 15.7. The number of hydrogen-bond donors (Lipinski definition) is 1. The van der Waals surface area contributed by atoms with Crippen LogP contribution in [0.2, 0.25) is 0 Å². The highest BCUT2D eigenvalue weighted by Gasteiger charge is 2.29. The van der Waals surface area contributed by atoms with Crippen LogP contribution in [-0.4, -0.2) is 39.7 Å². The van der Waals surface area contributed by atoms with Crippen molar-refractivity contribution in [2.24, 2.45) is 5.73 Å². The molecule has 122 valence electrons. The summed E-state index contributed by atoms with van der Waals surface area (Å²) in [5, 5.41) is 4.49. The monoisotopic (exact) mass is 312 g/mol. The van der Waals surface area contributed by atoms with Crippen LogP contribution in [0, 0.1) is 6.92 Å². The Morgan fingerprint density at radius 1 is 1.30 bits per heavy atom. The third-order valence-electron chi connectivity index (χ3n) is 4.37. The van der Waals surface area contributed by atoms with Gasteiger partial charge >= 0.3 is 0 Å². The largest absolute Gasteiger partial charge is 0.337 e. The molecule has 2 N–H and O–H groups in total. The van der Waals surface area contributed by atoms with Crippen LogP contribution in [0.5, 0.6) is 0 Å². The number of aryl methyl sites for hydroxylation is 1. The summed E-state index contributed by atoms with van der Waals surface area (Å²) < 4.78 is 1.88. The van der Waals surface area contributed by atoms with E-state index in [1.807, 2.05) is 21.7 Å². The van der Waals surface area contributed by atoms with Gasteiger partial charge in [0, 0.05) is 19.1 Å². The van der Waals surface area contributed by atoms with Gasteiger partial charge in [0.15, 0.2) is 0 Å². The average Bonchev–Trinajstić information content (AvgIpc) is 3.13. The molecule has 1 saturated heterocycles. The number of likely N-dealkylation sites (tertiary alicyclic amines) is 1. The maximum atomic E-state index is 12.8. The first-order valence-electron chi connectivity index (χ1n) is 8.17. The molecule has 5 nitrogen and oxygen atoms in total. The number of carbonyl (C=O) groups excluding carboxylic acids is 1. The van der Waals surface area contributed by atoms with Gasteiger partial charge in [0.1, 0.15) is 0 Å². The minimum atomic E-state index is 0.0417. The fourth-order valence-corrected chi connectivity index (χ4v) is 3.11. The van der Waals surface area contributed by atoms with Crippen molar-refractivity contribution in [1.29, 1.82) is 0 Å². The molecule has 0 spiro atoms. The van der Waals surface area contributed by atoms with Crippen LogP contribution in [0.1, 0.15) is 47.8 Å². The summed E-state index contributed by atoms with van der Waals surface area (Å²) in [4.78, 5) is 14.7. The topological polar surface area (TPSA) is 64.2 Å². The maximum Gasteiger partial charge on any atom is 0.257 e. The van der Waals surface area contributed by atoms with Gasteiger partial charge in [0.05, 0.1) is 23.1 Å². The molecular weight excluding hydrogens is 288 g/mol. The van der Waals surface area contributed by atoms with Gasteiger partial charge in [-0.1, -0.05) is 31.5 Å². The SMILES string of the molecule is Cc1ccc(-n2ncc(C(=O)N3CC[C@@H](N)C3)c2C(C)C)cc1. The average molecular weight is 312 g/mol. The van der Waals surface area contributed by atoms with E-state index in [4.69, 9.17) is 5.73 Å². The smallest absolute Gasteiger partial charge is 0.257 e. The zero-order chi connectivity index (χ0) is 16.6. The van der Waals surface area contributed by atoms with Gasteiger partial charge in [-0.15, -0.1) is 0 Å². The Morgan fingerprint density at radius 2 is 2.00 bits per heavy atom. The minimum Gasteiger partial charge on any atom is -0.337 e. The van der Waals surface area contributed by atoms with Crippen LogP contribution in [0.4, 0.5) is 0 Å². The van der Waals surface area contributed by atoms with E-state index in [-0.39, 0.29) is 17.9 Å². The lowest BCUT2D eigenvalue weighted by molar-refractivity contribution is 0.0789. The van der Waals surface area contributed by atoms with E-state index in [1.165, 1.54) is 5.56 Å². The standard InChI is InChI=1S/C18H24N4O/c1-12(2)17-16(18(23)21-9-8-14(19)11-21)10-20-22(17)15-6-4-13(3)5-7-15/h4-7,10,12,14H,8-9,11,19H2,1-3H3/t14-/m1/s1. The predicted octanol–water partition coefficient (Wildman–Crippen LogP) is 2.48. The normalized spacial score (nSPS) is 18.0. The lowest BCUT2D eigenvalue weighted by Gasteiger charge is -2.18. The van der Waals surface area contributed by atoms with Crippen LogP contribution in [-0.2, 0) is 0 Å². The Labute approximate surface area is 137 Å². The number of hydrogen-bond acceptors (Lipinski definition) is 3. The van der Waals surface area contributed by atoms with E-state index in [2.05, 4.69) is 38.0 Å². The van der Waals surface area contributed by atoms with E-state index in [0.717, 1.165) is 24.3 Å². The molecule has 5 heteroatoms. The quantitative estimate of drug-likeness (QED) is 0.947. The van der Waals surface area contributed by atoms with E-state index < -0.39 is 0 Å². The van der Waals surface area contributed by atoms with Crippen molar-refractivity contribution in [2.75, 3.05) is 13.1 Å². The summed E-state index contributed by atoms with van der Waals surface area (Å²) in [6, 6.07) is 8.28. The summed E-state index contributed by atoms with van der Waals surface area (Å²) in [5.41, 5.74) is 9.77. The van der Waals surface area contributed by atoms with Crippen molar-refractivity contribution in [1.82, 2.24) is 14.7 Å². The molecule has 1 amide bonds. The number of nitrogens with two attached hydrogens (primary N) is 1. The molecule has 1 aliphatic heterocycles. The highest BCUT2D eigenvalue weighted by atomic mass is 16.2. The second-order valence-electron chi connectivity index (χ2n) is 6.65. The second-order valence-corrected chi connectivity index (χ2v) is 6.65. The van der Waals surface area contributed by atoms with Gasteiger partial charge in [0.2, 0.25) is 0 Å². The van der Waals surface area contributed by atoms with Crippen LogP contribution in [0.3, 0.4) is 0 Å². The van der Waals surface area contributed by atoms with Gasteiger partial charge in [-0.2, -0.15) is 5.10 Å². The predicted molar refractivity (Wildman–Crippen MR) is 90.9 cm³/mol. The van der Waals surface area contributed by atoms with E-state index >= 15 is 0 Å². The Kier molecular flexibility index (Phi) is 4.22. The van der Waals surface area contributed by atoms with Crippen LogP contribution in [0.15, 0.2) is 30.5 Å². The fraction of sp³-hybridized carbons (Fsp3) is 0.444. The van der Waals surface area contributed by atoms with Crippen molar-refractivity contribution in [2.45, 2.75) is 39.2 Å². The first-order chi connectivity index (χ1) is 11.0. The molecule has 1 aromatic heterocycles. The summed E-state index contributed by atoms with van der Waals surface area (Å²) in [5.74, 6) is 0.244. The molecule has 0 unspecified atom stereocenters. The fourth-order valence-electron chi connectivity index (χ4n) is 3.11. The Balaban J connectivity index is 1.99. The molecule has 2 heterocycles. The van der Waals surface area contributed by atoms with Gasteiger partial charge in [-0.3, -0.25) is 4.79 Å². The molecule has 23 heavy (non-hydrogen) atoms. The Hall–Kier alpha value is -2.14. The summed E-state index contributed by atoms with van der Waals surface area (Å²) >= 11 is 0. The summed E-state index contributed by atoms with van der Waals surface area (Å²) in [6.45, 7) is 7.60. The maximum absolute atomic E-state index is 12.8. The lowest BCUT2D eigenvalue weighted by atomic mass is 10.0. The zero-order valence-corrected chi connectivity index (χ0v) is 14.0. The highest BCUT2D eigenvalue weighted by Crippen LogP contribution is 2.25. The Morgan fingerprint density at radius 3 is 2.57 bits per heavy atom. The highest BCUT2D eigenvalue weighted by molar-refractivity contribution is 5.95. The second kappa shape index (κ2) is 6.16. The van der Waals surface area contributed by atoms with E-state index in [0.29, 0.717) is 12.1 Å². The van der Waals surface area contributed by atoms with Crippen molar-refractivity contribution < 1.29 is 4.79 Å². The summed E-state index contributed by atoms with van der Waals surface area (Å²) in [6.07, 6.45) is 2.57. The lowest BCUT2D eigenvalue weighted by Crippen LogP contribution is -2.32. The van der Waals surface area contributed by atoms with Crippen LogP contribution in [0.25, 0.3) is 5.69 Å². The molecule has 1 aliphatic rings. The van der Waals surface area contributed by atoms with Crippen molar-refractivity contribution in [3.8, 4) is 5.69 Å². The molecule has 1 fully saturated rings. The molecule has 2 aromatic rings.